The minimum Gasteiger partial charge on any atom is -0.372 e. The molecule has 2 aliphatic heterocycles. The van der Waals surface area contributed by atoms with E-state index in [4.69, 9.17) is 4.74 Å². The lowest BCUT2D eigenvalue weighted by molar-refractivity contribution is -0.0703. The van der Waals surface area contributed by atoms with Crippen LogP contribution in [0.2, 0.25) is 0 Å². The third-order valence-corrected chi connectivity index (χ3v) is 5.37. The SMILES string of the molecule is CCNC1CCC(C)(C)CC1N1CC2CCC(C1)O2. The summed E-state index contributed by atoms with van der Waals surface area (Å²) in [7, 11) is 0. The number of hydrogen-bond acceptors (Lipinski definition) is 3. The molecule has 0 amide bonds. The molecule has 1 aliphatic carbocycles. The Kier molecular flexibility index (Phi) is 3.89. The Balaban J connectivity index is 1.71. The summed E-state index contributed by atoms with van der Waals surface area (Å²) in [5.74, 6) is 0. The van der Waals surface area contributed by atoms with Crippen LogP contribution in [0.25, 0.3) is 0 Å². The Hall–Kier alpha value is -0.120. The molecule has 2 saturated heterocycles. The van der Waals surface area contributed by atoms with Gasteiger partial charge in [0.25, 0.3) is 0 Å². The van der Waals surface area contributed by atoms with Crippen LogP contribution >= 0.6 is 0 Å². The zero-order chi connectivity index (χ0) is 13.5. The molecular weight excluding hydrogens is 236 g/mol. The maximum absolute atomic E-state index is 6.00. The quantitative estimate of drug-likeness (QED) is 0.849. The molecule has 2 heterocycles. The zero-order valence-electron chi connectivity index (χ0n) is 12.8. The molecule has 0 spiro atoms. The number of nitrogens with zero attached hydrogens (tertiary/aromatic N) is 1. The fourth-order valence-electron chi connectivity index (χ4n) is 4.35. The van der Waals surface area contributed by atoms with Gasteiger partial charge in [-0.15, -0.1) is 0 Å². The molecule has 1 N–H and O–H groups in total. The van der Waals surface area contributed by atoms with Crippen molar-refractivity contribution in [1.29, 1.82) is 0 Å². The summed E-state index contributed by atoms with van der Waals surface area (Å²) in [6.07, 6.45) is 7.63. The average Bonchev–Trinajstić information content (AvgIpc) is 2.70. The molecule has 3 nitrogen and oxygen atoms in total. The van der Waals surface area contributed by atoms with Crippen LogP contribution in [0.1, 0.15) is 52.9 Å². The summed E-state index contributed by atoms with van der Waals surface area (Å²) in [5, 5.41) is 3.74. The van der Waals surface area contributed by atoms with Gasteiger partial charge in [-0.3, -0.25) is 4.90 Å². The molecule has 0 aromatic carbocycles. The summed E-state index contributed by atoms with van der Waals surface area (Å²) < 4.78 is 6.00. The van der Waals surface area contributed by atoms with E-state index in [9.17, 15) is 0 Å². The average molecular weight is 266 g/mol. The molecule has 19 heavy (non-hydrogen) atoms. The van der Waals surface area contributed by atoms with Gasteiger partial charge in [-0.25, -0.2) is 0 Å². The Morgan fingerprint density at radius 2 is 1.84 bits per heavy atom. The van der Waals surface area contributed by atoms with Crippen molar-refractivity contribution in [2.75, 3.05) is 19.6 Å². The first-order chi connectivity index (χ1) is 9.07. The van der Waals surface area contributed by atoms with E-state index in [0.29, 0.717) is 23.7 Å². The normalized spacial score (nSPS) is 42.5. The Bertz CT molecular complexity index is 306. The van der Waals surface area contributed by atoms with Crippen molar-refractivity contribution in [2.24, 2.45) is 5.41 Å². The summed E-state index contributed by atoms with van der Waals surface area (Å²) in [4.78, 5) is 2.75. The third kappa shape index (κ3) is 2.98. The summed E-state index contributed by atoms with van der Waals surface area (Å²) >= 11 is 0. The van der Waals surface area contributed by atoms with E-state index in [1.165, 1.54) is 45.2 Å². The lowest BCUT2D eigenvalue weighted by Crippen LogP contribution is -2.58. The van der Waals surface area contributed by atoms with E-state index in [0.717, 1.165) is 12.6 Å². The molecule has 2 bridgehead atoms. The van der Waals surface area contributed by atoms with Gasteiger partial charge in [-0.05, 0) is 44.1 Å². The molecule has 0 aromatic rings. The molecule has 110 valence electrons. The highest BCUT2D eigenvalue weighted by Gasteiger charge is 2.42. The number of ether oxygens (including phenoxy) is 1. The zero-order valence-corrected chi connectivity index (χ0v) is 12.8. The summed E-state index contributed by atoms with van der Waals surface area (Å²) in [6.45, 7) is 10.5. The van der Waals surface area contributed by atoms with Crippen molar-refractivity contribution in [3.63, 3.8) is 0 Å². The number of hydrogen-bond donors (Lipinski definition) is 1. The highest BCUT2D eigenvalue weighted by molar-refractivity contribution is 4.98. The molecular formula is C16H30N2O. The highest BCUT2D eigenvalue weighted by atomic mass is 16.5. The first-order valence-electron chi connectivity index (χ1n) is 8.20. The second-order valence-electron chi connectivity index (χ2n) is 7.55. The fourth-order valence-corrected chi connectivity index (χ4v) is 4.35. The number of fused-ring (bicyclic) bond motifs is 2. The number of rotatable bonds is 3. The largest absolute Gasteiger partial charge is 0.372 e. The number of nitrogens with one attached hydrogen (secondary N) is 1. The second kappa shape index (κ2) is 5.34. The maximum atomic E-state index is 6.00. The number of morpholine rings is 1. The lowest BCUT2D eigenvalue weighted by atomic mass is 9.72. The molecule has 3 aliphatic rings. The standard InChI is InChI=1S/C16H30N2O/c1-4-17-14-7-8-16(2,3)9-15(14)18-10-12-5-6-13(11-18)19-12/h12-15,17H,4-11H2,1-3H3. The molecule has 3 fully saturated rings. The van der Waals surface area contributed by atoms with Crippen molar-refractivity contribution in [1.82, 2.24) is 10.2 Å². The predicted octanol–water partition coefficient (Wildman–Crippen LogP) is 2.41. The van der Waals surface area contributed by atoms with E-state index < -0.39 is 0 Å². The third-order valence-electron chi connectivity index (χ3n) is 5.37. The van der Waals surface area contributed by atoms with Gasteiger partial charge >= 0.3 is 0 Å². The van der Waals surface area contributed by atoms with Crippen LogP contribution < -0.4 is 5.32 Å². The van der Waals surface area contributed by atoms with Crippen LogP contribution in [0.5, 0.6) is 0 Å². The lowest BCUT2D eigenvalue weighted by Gasteiger charge is -2.48. The Labute approximate surface area is 118 Å². The molecule has 4 unspecified atom stereocenters. The van der Waals surface area contributed by atoms with Crippen LogP contribution in [0.15, 0.2) is 0 Å². The number of likely N-dealkylation sites (tertiary alicyclic amines) is 1. The van der Waals surface area contributed by atoms with Crippen LogP contribution in [0.4, 0.5) is 0 Å². The van der Waals surface area contributed by atoms with Crippen LogP contribution in [0, 0.1) is 5.41 Å². The van der Waals surface area contributed by atoms with E-state index >= 15 is 0 Å². The van der Waals surface area contributed by atoms with E-state index in [1.807, 2.05) is 0 Å². The molecule has 0 aromatic heterocycles. The Morgan fingerprint density at radius 1 is 1.16 bits per heavy atom. The molecule has 3 heteroatoms. The monoisotopic (exact) mass is 266 g/mol. The smallest absolute Gasteiger partial charge is 0.0707 e. The van der Waals surface area contributed by atoms with Crippen molar-refractivity contribution in [3.8, 4) is 0 Å². The molecule has 4 atom stereocenters. The second-order valence-corrected chi connectivity index (χ2v) is 7.55. The molecule has 1 saturated carbocycles. The van der Waals surface area contributed by atoms with Crippen molar-refractivity contribution >= 4 is 0 Å². The van der Waals surface area contributed by atoms with E-state index in [2.05, 4.69) is 31.0 Å². The van der Waals surface area contributed by atoms with Crippen molar-refractivity contribution in [3.05, 3.63) is 0 Å². The van der Waals surface area contributed by atoms with Crippen LogP contribution in [-0.2, 0) is 4.74 Å². The number of likely N-dealkylation sites (N-methyl/N-ethyl adjacent to an activating group) is 1. The van der Waals surface area contributed by atoms with Gasteiger partial charge in [0.2, 0.25) is 0 Å². The van der Waals surface area contributed by atoms with Crippen molar-refractivity contribution < 1.29 is 4.74 Å². The fraction of sp³-hybridized carbons (Fsp3) is 1.00. The molecule has 3 rings (SSSR count). The minimum atomic E-state index is 0.508. The predicted molar refractivity (Wildman–Crippen MR) is 78.4 cm³/mol. The van der Waals surface area contributed by atoms with E-state index in [-0.39, 0.29) is 0 Å². The van der Waals surface area contributed by atoms with Gasteiger partial charge in [0.15, 0.2) is 0 Å². The Morgan fingerprint density at radius 3 is 2.47 bits per heavy atom. The topological polar surface area (TPSA) is 24.5 Å². The van der Waals surface area contributed by atoms with Gasteiger partial charge in [0, 0.05) is 25.2 Å². The summed E-state index contributed by atoms with van der Waals surface area (Å²) in [5.41, 5.74) is 0.508. The summed E-state index contributed by atoms with van der Waals surface area (Å²) in [6, 6.07) is 1.41. The van der Waals surface area contributed by atoms with Gasteiger partial charge in [0.05, 0.1) is 12.2 Å². The van der Waals surface area contributed by atoms with E-state index in [1.54, 1.807) is 0 Å². The minimum absolute atomic E-state index is 0.508. The van der Waals surface area contributed by atoms with Crippen LogP contribution in [0.3, 0.4) is 0 Å². The highest BCUT2D eigenvalue weighted by Crippen LogP contribution is 2.39. The van der Waals surface area contributed by atoms with Gasteiger partial charge < -0.3 is 10.1 Å². The van der Waals surface area contributed by atoms with Crippen LogP contribution in [-0.4, -0.2) is 48.8 Å². The van der Waals surface area contributed by atoms with Gasteiger partial charge in [0.1, 0.15) is 0 Å². The first kappa shape index (κ1) is 13.8. The maximum Gasteiger partial charge on any atom is 0.0707 e. The van der Waals surface area contributed by atoms with Gasteiger partial charge in [-0.2, -0.15) is 0 Å². The molecule has 0 radical (unpaired) electrons. The van der Waals surface area contributed by atoms with Crippen molar-refractivity contribution in [2.45, 2.75) is 77.2 Å². The first-order valence-corrected chi connectivity index (χ1v) is 8.20. The van der Waals surface area contributed by atoms with Gasteiger partial charge in [-0.1, -0.05) is 20.8 Å².